The third-order valence-electron chi connectivity index (χ3n) is 3.43. The van der Waals surface area contributed by atoms with Gasteiger partial charge >= 0.3 is 0 Å². The van der Waals surface area contributed by atoms with Crippen LogP contribution < -0.4 is 5.73 Å². The minimum atomic E-state index is -0.650. The van der Waals surface area contributed by atoms with Crippen molar-refractivity contribution in [2.45, 2.75) is 31.7 Å². The van der Waals surface area contributed by atoms with Gasteiger partial charge in [-0.25, -0.2) is 13.8 Å². The van der Waals surface area contributed by atoms with Gasteiger partial charge in [0.25, 0.3) is 0 Å². The lowest BCUT2D eigenvalue weighted by molar-refractivity contribution is 0.537. The van der Waals surface area contributed by atoms with E-state index in [9.17, 15) is 8.78 Å². The monoisotopic (exact) mass is 237 g/mol. The van der Waals surface area contributed by atoms with Gasteiger partial charge in [0, 0.05) is 18.2 Å². The maximum Gasteiger partial charge on any atom is 0.201 e. The van der Waals surface area contributed by atoms with Crippen LogP contribution in [0.5, 0.6) is 0 Å². The summed E-state index contributed by atoms with van der Waals surface area (Å²) in [6.45, 7) is 0. The lowest BCUT2D eigenvalue weighted by atomic mass is 10.2. The van der Waals surface area contributed by atoms with Crippen LogP contribution >= 0.6 is 0 Å². The molecule has 1 aromatic heterocycles. The van der Waals surface area contributed by atoms with E-state index in [0.29, 0.717) is 5.52 Å². The van der Waals surface area contributed by atoms with E-state index in [0.717, 1.165) is 31.7 Å². The number of nitrogens with zero attached hydrogens (tertiary/aromatic N) is 2. The van der Waals surface area contributed by atoms with Crippen LogP contribution in [0.1, 0.15) is 31.7 Å². The molecule has 17 heavy (non-hydrogen) atoms. The molecule has 0 radical (unpaired) electrons. The summed E-state index contributed by atoms with van der Waals surface area (Å²) in [5.41, 5.74) is 6.44. The number of fused-ring (bicyclic) bond motifs is 1. The zero-order chi connectivity index (χ0) is 12.0. The molecule has 3 rings (SSSR count). The molecule has 2 N–H and O–H groups in total. The molecule has 0 unspecified atom stereocenters. The highest BCUT2D eigenvalue weighted by atomic mass is 19.1. The Labute approximate surface area is 97.2 Å². The van der Waals surface area contributed by atoms with E-state index >= 15 is 0 Å². The normalized spacial score (nSPS) is 17.1. The zero-order valence-electron chi connectivity index (χ0n) is 9.29. The SMILES string of the molecule is Nc1nc2c(F)cc(F)cc2n1C1CCCC1. The van der Waals surface area contributed by atoms with E-state index in [1.165, 1.54) is 6.07 Å². The van der Waals surface area contributed by atoms with E-state index in [1.807, 2.05) is 0 Å². The van der Waals surface area contributed by atoms with Crippen molar-refractivity contribution < 1.29 is 8.78 Å². The Morgan fingerprint density at radius 1 is 1.24 bits per heavy atom. The van der Waals surface area contributed by atoms with Crippen molar-refractivity contribution in [3.63, 3.8) is 0 Å². The molecule has 1 aliphatic carbocycles. The number of aromatic nitrogens is 2. The predicted molar refractivity (Wildman–Crippen MR) is 61.6 cm³/mol. The molecule has 0 saturated heterocycles. The Morgan fingerprint density at radius 3 is 2.65 bits per heavy atom. The summed E-state index contributed by atoms with van der Waals surface area (Å²) in [4.78, 5) is 4.00. The number of hydrogen-bond donors (Lipinski definition) is 1. The van der Waals surface area contributed by atoms with Gasteiger partial charge in [-0.1, -0.05) is 12.8 Å². The highest BCUT2D eigenvalue weighted by molar-refractivity contribution is 5.79. The van der Waals surface area contributed by atoms with E-state index in [2.05, 4.69) is 4.98 Å². The van der Waals surface area contributed by atoms with Gasteiger partial charge in [-0.15, -0.1) is 0 Å². The maximum atomic E-state index is 13.6. The largest absolute Gasteiger partial charge is 0.369 e. The molecule has 0 amide bonds. The summed E-state index contributed by atoms with van der Waals surface area (Å²) < 4.78 is 28.6. The quantitative estimate of drug-likeness (QED) is 0.828. The number of nitrogens with two attached hydrogens (primary N) is 1. The fourth-order valence-electron chi connectivity index (χ4n) is 2.68. The average Bonchev–Trinajstić information content (AvgIpc) is 2.84. The molecule has 3 nitrogen and oxygen atoms in total. The molecule has 1 fully saturated rings. The van der Waals surface area contributed by atoms with Gasteiger partial charge in [0.1, 0.15) is 11.3 Å². The summed E-state index contributed by atoms with van der Waals surface area (Å²) in [6.07, 6.45) is 4.24. The van der Waals surface area contributed by atoms with Crippen LogP contribution in [0.4, 0.5) is 14.7 Å². The second kappa shape index (κ2) is 3.68. The molecule has 1 aliphatic rings. The van der Waals surface area contributed by atoms with Crippen molar-refractivity contribution in [1.82, 2.24) is 9.55 Å². The topological polar surface area (TPSA) is 43.8 Å². The molecule has 2 aromatic rings. The number of anilines is 1. The lowest BCUT2D eigenvalue weighted by Crippen LogP contribution is -2.08. The summed E-state index contributed by atoms with van der Waals surface area (Å²) in [7, 11) is 0. The Balaban J connectivity index is 2.25. The fraction of sp³-hybridized carbons (Fsp3) is 0.417. The number of benzene rings is 1. The van der Waals surface area contributed by atoms with Gasteiger partial charge in [0.2, 0.25) is 5.95 Å². The summed E-state index contributed by atoms with van der Waals surface area (Å²) >= 11 is 0. The molecular formula is C12H13F2N3. The minimum Gasteiger partial charge on any atom is -0.369 e. The smallest absolute Gasteiger partial charge is 0.201 e. The molecule has 1 saturated carbocycles. The fourth-order valence-corrected chi connectivity index (χ4v) is 2.68. The number of imidazole rings is 1. The van der Waals surface area contributed by atoms with Gasteiger partial charge in [-0.3, -0.25) is 0 Å². The molecular weight excluding hydrogens is 224 g/mol. The van der Waals surface area contributed by atoms with Gasteiger partial charge in [0.05, 0.1) is 5.52 Å². The number of halogens is 2. The first kappa shape index (κ1) is 10.5. The Morgan fingerprint density at radius 2 is 1.94 bits per heavy atom. The van der Waals surface area contributed by atoms with Crippen LogP contribution in [0, 0.1) is 11.6 Å². The molecule has 0 atom stereocenters. The van der Waals surface area contributed by atoms with Crippen molar-refractivity contribution >= 4 is 17.0 Å². The first-order valence-corrected chi connectivity index (χ1v) is 5.79. The average molecular weight is 237 g/mol. The van der Waals surface area contributed by atoms with Crippen LogP contribution in [-0.4, -0.2) is 9.55 Å². The summed E-state index contributed by atoms with van der Waals surface area (Å²) in [5, 5.41) is 0. The van der Waals surface area contributed by atoms with Crippen molar-refractivity contribution in [3.05, 3.63) is 23.8 Å². The molecule has 1 heterocycles. The van der Waals surface area contributed by atoms with E-state index in [4.69, 9.17) is 5.73 Å². The Kier molecular flexibility index (Phi) is 2.28. The molecule has 5 heteroatoms. The lowest BCUT2D eigenvalue weighted by Gasteiger charge is -2.13. The highest BCUT2D eigenvalue weighted by Gasteiger charge is 2.23. The highest BCUT2D eigenvalue weighted by Crippen LogP contribution is 2.35. The van der Waals surface area contributed by atoms with Crippen LogP contribution in [-0.2, 0) is 0 Å². The van der Waals surface area contributed by atoms with Crippen molar-refractivity contribution in [2.24, 2.45) is 0 Å². The van der Waals surface area contributed by atoms with Gasteiger partial charge in [0.15, 0.2) is 5.82 Å². The Bertz CT molecular complexity index is 571. The standard InChI is InChI=1S/C12H13F2N3/c13-7-5-9(14)11-10(6-7)17(12(15)16-11)8-3-1-2-4-8/h5-6,8H,1-4H2,(H2,15,16). The zero-order valence-corrected chi connectivity index (χ0v) is 9.29. The van der Waals surface area contributed by atoms with Crippen LogP contribution in [0.3, 0.4) is 0 Å². The third kappa shape index (κ3) is 1.57. The van der Waals surface area contributed by atoms with E-state index in [-0.39, 0.29) is 17.5 Å². The number of rotatable bonds is 1. The molecule has 1 aromatic carbocycles. The van der Waals surface area contributed by atoms with Crippen molar-refractivity contribution in [3.8, 4) is 0 Å². The molecule has 0 bridgehead atoms. The second-order valence-corrected chi connectivity index (χ2v) is 4.53. The van der Waals surface area contributed by atoms with E-state index in [1.54, 1.807) is 4.57 Å². The minimum absolute atomic E-state index is 0.163. The van der Waals surface area contributed by atoms with Crippen LogP contribution in [0.25, 0.3) is 11.0 Å². The van der Waals surface area contributed by atoms with Gasteiger partial charge < -0.3 is 10.3 Å². The maximum absolute atomic E-state index is 13.6. The summed E-state index contributed by atoms with van der Waals surface area (Å²) in [5.74, 6) is -0.964. The van der Waals surface area contributed by atoms with Gasteiger partial charge in [-0.2, -0.15) is 0 Å². The van der Waals surface area contributed by atoms with Crippen LogP contribution in [0.2, 0.25) is 0 Å². The number of nitrogen functional groups attached to an aromatic ring is 1. The first-order valence-electron chi connectivity index (χ1n) is 5.79. The van der Waals surface area contributed by atoms with Crippen molar-refractivity contribution in [2.75, 3.05) is 5.73 Å². The second-order valence-electron chi connectivity index (χ2n) is 4.53. The van der Waals surface area contributed by atoms with Gasteiger partial charge in [-0.05, 0) is 12.8 Å². The molecule has 0 aliphatic heterocycles. The predicted octanol–water partition coefficient (Wildman–Crippen LogP) is 3.01. The van der Waals surface area contributed by atoms with E-state index < -0.39 is 11.6 Å². The molecule has 90 valence electrons. The number of hydrogen-bond acceptors (Lipinski definition) is 2. The first-order chi connectivity index (χ1) is 8.16. The summed E-state index contributed by atoms with van der Waals surface area (Å²) in [6, 6.07) is 2.37. The van der Waals surface area contributed by atoms with Crippen molar-refractivity contribution in [1.29, 1.82) is 0 Å². The molecule has 0 spiro atoms. The van der Waals surface area contributed by atoms with Crippen LogP contribution in [0.15, 0.2) is 12.1 Å². The third-order valence-corrected chi connectivity index (χ3v) is 3.43. The Hall–Kier alpha value is -1.65.